The first-order chi connectivity index (χ1) is 8.35. The van der Waals surface area contributed by atoms with Gasteiger partial charge >= 0.3 is 0 Å². The van der Waals surface area contributed by atoms with Gasteiger partial charge in [0.15, 0.2) is 0 Å². The Balaban J connectivity index is 2.28. The van der Waals surface area contributed by atoms with E-state index in [2.05, 4.69) is 25.8 Å². The summed E-state index contributed by atoms with van der Waals surface area (Å²) in [6.07, 6.45) is 12.5. The van der Waals surface area contributed by atoms with E-state index < -0.39 is 0 Å². The minimum atomic E-state index is 0.568. The van der Waals surface area contributed by atoms with Gasteiger partial charge < -0.3 is 4.90 Å². The van der Waals surface area contributed by atoms with Crippen LogP contribution in [0.2, 0.25) is 0 Å². The number of hydrogen-bond donors (Lipinski definition) is 0. The monoisotopic (exact) mass is 228 g/mol. The molecule has 0 aliphatic carbocycles. The van der Waals surface area contributed by atoms with E-state index in [4.69, 9.17) is 6.42 Å². The van der Waals surface area contributed by atoms with Crippen LogP contribution in [0.15, 0.2) is 11.2 Å². The Morgan fingerprint density at radius 3 is 2.82 bits per heavy atom. The van der Waals surface area contributed by atoms with Gasteiger partial charge in [-0.15, -0.1) is 6.42 Å². The smallest absolute Gasteiger partial charge is 0.226 e. The van der Waals surface area contributed by atoms with Crippen molar-refractivity contribution in [3.05, 3.63) is 11.9 Å². The van der Waals surface area contributed by atoms with Crippen LogP contribution < -0.4 is 4.90 Å². The summed E-state index contributed by atoms with van der Waals surface area (Å²) in [7, 11) is 0. The minimum Gasteiger partial charge on any atom is -0.341 e. The highest BCUT2D eigenvalue weighted by Crippen LogP contribution is 2.20. The first kappa shape index (κ1) is 11.6. The van der Waals surface area contributed by atoms with Crippen molar-refractivity contribution in [1.82, 2.24) is 9.97 Å². The molecule has 0 N–H and O–H groups in total. The maximum absolute atomic E-state index is 5.45. The molecule has 0 radical (unpaired) electrons. The highest BCUT2D eigenvalue weighted by atomic mass is 15.3. The number of terminal acetylenes is 1. The topological polar surface area (TPSA) is 41.4 Å². The number of anilines is 1. The van der Waals surface area contributed by atoms with Crippen molar-refractivity contribution in [2.24, 2.45) is 4.99 Å². The summed E-state index contributed by atoms with van der Waals surface area (Å²) in [5.41, 5.74) is 1.23. The summed E-state index contributed by atoms with van der Waals surface area (Å²) in [5, 5.41) is 0. The lowest BCUT2D eigenvalue weighted by molar-refractivity contribution is 0.568. The molecule has 0 amide bonds. The Morgan fingerprint density at radius 1 is 1.41 bits per heavy atom. The molecule has 2 rings (SSSR count). The molecule has 0 spiro atoms. The lowest BCUT2D eigenvalue weighted by Crippen LogP contribution is -2.31. The molecule has 0 saturated carbocycles. The minimum absolute atomic E-state index is 0.568. The van der Waals surface area contributed by atoms with Gasteiger partial charge in [0.1, 0.15) is 11.4 Å². The van der Waals surface area contributed by atoms with Crippen LogP contribution >= 0.6 is 0 Å². The van der Waals surface area contributed by atoms with Crippen molar-refractivity contribution in [2.75, 3.05) is 18.0 Å². The van der Waals surface area contributed by atoms with E-state index >= 15 is 0 Å². The molecule has 0 bridgehead atoms. The zero-order valence-corrected chi connectivity index (χ0v) is 10.1. The molecule has 0 aromatic carbocycles. The summed E-state index contributed by atoms with van der Waals surface area (Å²) >= 11 is 0. The van der Waals surface area contributed by atoms with Crippen LogP contribution in [-0.4, -0.2) is 29.3 Å². The quantitative estimate of drug-likeness (QED) is 0.575. The zero-order valence-electron chi connectivity index (χ0n) is 10.1. The van der Waals surface area contributed by atoms with E-state index in [0.29, 0.717) is 11.4 Å². The average molecular weight is 228 g/mol. The van der Waals surface area contributed by atoms with Crippen molar-refractivity contribution < 1.29 is 0 Å². The van der Waals surface area contributed by atoms with Crippen LogP contribution in [-0.2, 0) is 0 Å². The first-order valence-corrected chi connectivity index (χ1v) is 5.92. The SMILES string of the molecule is C#Cc1nc(N2CCCCC2)ncc1N=CC. The third-order valence-corrected chi connectivity index (χ3v) is 2.80. The first-order valence-electron chi connectivity index (χ1n) is 5.92. The van der Waals surface area contributed by atoms with Crippen LogP contribution in [0, 0.1) is 12.3 Å². The van der Waals surface area contributed by atoms with E-state index in [-0.39, 0.29) is 0 Å². The van der Waals surface area contributed by atoms with Crippen molar-refractivity contribution in [2.45, 2.75) is 26.2 Å². The number of aromatic nitrogens is 2. The lowest BCUT2D eigenvalue weighted by atomic mass is 10.1. The predicted molar refractivity (Wildman–Crippen MR) is 69.9 cm³/mol. The van der Waals surface area contributed by atoms with Gasteiger partial charge in [0, 0.05) is 19.3 Å². The van der Waals surface area contributed by atoms with Gasteiger partial charge in [-0.25, -0.2) is 9.97 Å². The third kappa shape index (κ3) is 2.62. The van der Waals surface area contributed by atoms with Gasteiger partial charge in [0.05, 0.1) is 6.20 Å². The lowest BCUT2D eigenvalue weighted by Gasteiger charge is -2.26. The van der Waals surface area contributed by atoms with E-state index in [1.807, 2.05) is 6.92 Å². The number of hydrogen-bond acceptors (Lipinski definition) is 4. The van der Waals surface area contributed by atoms with Gasteiger partial charge in [-0.2, -0.15) is 0 Å². The Labute approximate surface area is 102 Å². The maximum atomic E-state index is 5.45. The largest absolute Gasteiger partial charge is 0.341 e. The fourth-order valence-electron chi connectivity index (χ4n) is 1.95. The molecule has 4 heteroatoms. The highest BCUT2D eigenvalue weighted by Gasteiger charge is 2.14. The van der Waals surface area contributed by atoms with E-state index in [1.54, 1.807) is 12.4 Å². The van der Waals surface area contributed by atoms with Crippen LogP contribution in [0.1, 0.15) is 31.9 Å². The molecule has 0 atom stereocenters. The molecule has 1 saturated heterocycles. The molecule has 1 aliphatic heterocycles. The molecular formula is C13H16N4. The van der Waals surface area contributed by atoms with E-state index in [9.17, 15) is 0 Å². The highest BCUT2D eigenvalue weighted by molar-refractivity contribution is 5.63. The molecule has 1 aromatic heterocycles. The number of nitrogens with zero attached hydrogens (tertiary/aromatic N) is 4. The van der Waals surface area contributed by atoms with E-state index in [1.165, 1.54) is 19.3 Å². The van der Waals surface area contributed by atoms with E-state index in [0.717, 1.165) is 19.0 Å². The van der Waals surface area contributed by atoms with Crippen LogP contribution in [0.25, 0.3) is 0 Å². The van der Waals surface area contributed by atoms with Gasteiger partial charge in [0.25, 0.3) is 0 Å². The number of rotatable bonds is 2. The number of piperidine rings is 1. The second kappa shape index (κ2) is 5.44. The predicted octanol–water partition coefficient (Wildman–Crippen LogP) is 2.17. The Kier molecular flexibility index (Phi) is 3.71. The Bertz CT molecular complexity index is 453. The van der Waals surface area contributed by atoms with Crippen LogP contribution in [0.4, 0.5) is 11.6 Å². The average Bonchev–Trinajstić information content (AvgIpc) is 2.40. The fourth-order valence-corrected chi connectivity index (χ4v) is 1.95. The number of aliphatic imine (C=N–C) groups is 1. The summed E-state index contributed by atoms with van der Waals surface area (Å²) < 4.78 is 0. The van der Waals surface area contributed by atoms with Crippen molar-refractivity contribution in [1.29, 1.82) is 0 Å². The Hall–Kier alpha value is -1.89. The van der Waals surface area contributed by atoms with Crippen molar-refractivity contribution in [3.8, 4) is 12.3 Å². The summed E-state index contributed by atoms with van der Waals surface area (Å²) in [4.78, 5) is 15.1. The Morgan fingerprint density at radius 2 is 2.18 bits per heavy atom. The van der Waals surface area contributed by atoms with Crippen LogP contribution in [0.3, 0.4) is 0 Å². The molecular weight excluding hydrogens is 212 g/mol. The molecule has 1 aromatic rings. The van der Waals surface area contributed by atoms with Crippen LogP contribution in [0.5, 0.6) is 0 Å². The molecule has 1 aliphatic rings. The zero-order chi connectivity index (χ0) is 12.1. The molecule has 4 nitrogen and oxygen atoms in total. The molecule has 2 heterocycles. The van der Waals surface area contributed by atoms with Gasteiger partial charge in [-0.1, -0.05) is 0 Å². The van der Waals surface area contributed by atoms with Crippen molar-refractivity contribution in [3.63, 3.8) is 0 Å². The molecule has 1 fully saturated rings. The fraction of sp³-hybridized carbons (Fsp3) is 0.462. The summed E-state index contributed by atoms with van der Waals surface area (Å²) in [6, 6.07) is 0. The van der Waals surface area contributed by atoms with Crippen molar-refractivity contribution >= 4 is 17.9 Å². The normalized spacial score (nSPS) is 16.1. The van der Waals surface area contributed by atoms with Gasteiger partial charge in [0.2, 0.25) is 5.95 Å². The van der Waals surface area contributed by atoms with Gasteiger partial charge in [-0.05, 0) is 32.1 Å². The molecule has 88 valence electrons. The molecule has 0 unspecified atom stereocenters. The van der Waals surface area contributed by atoms with Gasteiger partial charge in [-0.3, -0.25) is 4.99 Å². The maximum Gasteiger partial charge on any atom is 0.226 e. The second-order valence-corrected chi connectivity index (χ2v) is 3.98. The summed E-state index contributed by atoms with van der Waals surface area (Å²) in [6.45, 7) is 3.87. The third-order valence-electron chi connectivity index (χ3n) is 2.80. The standard InChI is InChI=1S/C13H16N4/c1-3-11-12(14-4-2)10-15-13(16-11)17-8-6-5-7-9-17/h1,4,10H,5-9H2,2H3. The summed E-state index contributed by atoms with van der Waals surface area (Å²) in [5.74, 6) is 3.30. The molecule has 17 heavy (non-hydrogen) atoms. The second-order valence-electron chi connectivity index (χ2n) is 3.98.